The zero-order chi connectivity index (χ0) is 14.5. The second kappa shape index (κ2) is 6.98. The molecule has 1 amide bonds. The van der Waals surface area contributed by atoms with E-state index in [2.05, 4.69) is 32.3 Å². The molecule has 3 N–H and O–H groups in total. The molecule has 0 spiro atoms. The summed E-state index contributed by atoms with van der Waals surface area (Å²) in [6, 6.07) is -0.0796. The van der Waals surface area contributed by atoms with Crippen molar-refractivity contribution in [2.24, 2.45) is 11.1 Å². The lowest BCUT2D eigenvalue weighted by molar-refractivity contribution is -0.122. The topological polar surface area (TPSA) is 55.1 Å². The van der Waals surface area contributed by atoms with Gasteiger partial charge in [0.25, 0.3) is 0 Å². The monoisotopic (exact) mass is 286 g/mol. The summed E-state index contributed by atoms with van der Waals surface area (Å²) < 4.78 is 0.264. The van der Waals surface area contributed by atoms with Gasteiger partial charge in [0.15, 0.2) is 0 Å². The summed E-state index contributed by atoms with van der Waals surface area (Å²) in [6.45, 7) is 7.03. The SMILES string of the molecule is CSC1(CNC(=O)CC(N)C(C)(C)C)CCCCC1. The van der Waals surface area contributed by atoms with Crippen LogP contribution in [0.15, 0.2) is 0 Å². The highest BCUT2D eigenvalue weighted by molar-refractivity contribution is 8.00. The van der Waals surface area contributed by atoms with Crippen molar-refractivity contribution in [3.05, 3.63) is 0 Å². The Balaban J connectivity index is 2.40. The number of carbonyl (C=O) groups is 1. The van der Waals surface area contributed by atoms with E-state index in [-0.39, 0.29) is 22.1 Å². The highest BCUT2D eigenvalue weighted by Gasteiger charge is 2.32. The van der Waals surface area contributed by atoms with Gasteiger partial charge in [-0.1, -0.05) is 40.0 Å². The average molecular weight is 286 g/mol. The molecule has 3 nitrogen and oxygen atoms in total. The van der Waals surface area contributed by atoms with Crippen molar-refractivity contribution < 1.29 is 4.79 Å². The molecule has 4 heteroatoms. The summed E-state index contributed by atoms with van der Waals surface area (Å²) in [6.07, 6.45) is 8.95. The molecular weight excluding hydrogens is 256 g/mol. The predicted molar refractivity (Wildman–Crippen MR) is 84.4 cm³/mol. The number of amides is 1. The summed E-state index contributed by atoms with van der Waals surface area (Å²) in [5, 5.41) is 3.11. The van der Waals surface area contributed by atoms with Gasteiger partial charge in [0.1, 0.15) is 0 Å². The minimum Gasteiger partial charge on any atom is -0.355 e. The van der Waals surface area contributed by atoms with Crippen molar-refractivity contribution >= 4 is 17.7 Å². The number of nitrogens with two attached hydrogens (primary N) is 1. The molecule has 1 fully saturated rings. The first-order valence-corrected chi connectivity index (χ1v) is 8.59. The fraction of sp³-hybridized carbons (Fsp3) is 0.933. The first-order chi connectivity index (χ1) is 8.79. The lowest BCUT2D eigenvalue weighted by Crippen LogP contribution is -2.45. The summed E-state index contributed by atoms with van der Waals surface area (Å²) >= 11 is 1.91. The molecule has 1 aliphatic carbocycles. The third-order valence-electron chi connectivity index (χ3n) is 4.32. The van der Waals surface area contributed by atoms with E-state index in [4.69, 9.17) is 5.73 Å². The zero-order valence-electron chi connectivity index (χ0n) is 12.9. The smallest absolute Gasteiger partial charge is 0.221 e. The highest BCUT2D eigenvalue weighted by atomic mass is 32.2. The molecule has 0 saturated heterocycles. The van der Waals surface area contributed by atoms with Crippen LogP contribution in [-0.4, -0.2) is 29.5 Å². The average Bonchev–Trinajstić information content (AvgIpc) is 2.36. The van der Waals surface area contributed by atoms with E-state index in [1.165, 1.54) is 32.1 Å². The van der Waals surface area contributed by atoms with Gasteiger partial charge in [0.05, 0.1) is 0 Å². The van der Waals surface area contributed by atoms with Crippen molar-refractivity contribution in [3.8, 4) is 0 Å². The molecule has 0 bridgehead atoms. The van der Waals surface area contributed by atoms with Gasteiger partial charge in [-0.25, -0.2) is 0 Å². The van der Waals surface area contributed by atoms with E-state index in [0.29, 0.717) is 6.42 Å². The van der Waals surface area contributed by atoms with Gasteiger partial charge in [-0.05, 0) is 24.5 Å². The Morgan fingerprint density at radius 2 is 1.89 bits per heavy atom. The van der Waals surface area contributed by atoms with Gasteiger partial charge in [0.2, 0.25) is 5.91 Å². The molecule has 1 atom stereocenters. The van der Waals surface area contributed by atoms with E-state index in [1.54, 1.807) is 0 Å². The Kier molecular flexibility index (Phi) is 6.18. The van der Waals surface area contributed by atoms with E-state index in [1.807, 2.05) is 11.8 Å². The molecule has 112 valence electrons. The van der Waals surface area contributed by atoms with E-state index >= 15 is 0 Å². The molecule has 0 aliphatic heterocycles. The van der Waals surface area contributed by atoms with Crippen LogP contribution in [0.3, 0.4) is 0 Å². The molecular formula is C15H30N2OS. The van der Waals surface area contributed by atoms with Crippen LogP contribution >= 0.6 is 11.8 Å². The first kappa shape index (κ1) is 16.8. The molecule has 19 heavy (non-hydrogen) atoms. The van der Waals surface area contributed by atoms with Gasteiger partial charge in [-0.15, -0.1) is 0 Å². The lowest BCUT2D eigenvalue weighted by Gasteiger charge is -2.36. The van der Waals surface area contributed by atoms with Crippen LogP contribution in [-0.2, 0) is 4.79 Å². The maximum absolute atomic E-state index is 12.0. The van der Waals surface area contributed by atoms with Crippen molar-refractivity contribution in [1.29, 1.82) is 0 Å². The van der Waals surface area contributed by atoms with E-state index in [9.17, 15) is 4.79 Å². The molecule has 1 unspecified atom stereocenters. The van der Waals surface area contributed by atoms with Crippen LogP contribution in [0, 0.1) is 5.41 Å². The molecule has 0 aromatic rings. The van der Waals surface area contributed by atoms with Gasteiger partial charge >= 0.3 is 0 Å². The van der Waals surface area contributed by atoms with Gasteiger partial charge in [-0.3, -0.25) is 4.79 Å². The van der Waals surface area contributed by atoms with E-state index in [0.717, 1.165) is 6.54 Å². The number of nitrogens with one attached hydrogen (secondary N) is 1. The maximum atomic E-state index is 12.0. The van der Waals surface area contributed by atoms with Gasteiger partial charge in [-0.2, -0.15) is 11.8 Å². The Bertz CT molecular complexity index is 293. The Hall–Kier alpha value is -0.220. The minimum atomic E-state index is -0.0796. The normalized spacial score (nSPS) is 20.9. The van der Waals surface area contributed by atoms with Crippen LogP contribution < -0.4 is 11.1 Å². The van der Waals surface area contributed by atoms with E-state index < -0.39 is 0 Å². The number of hydrogen-bond acceptors (Lipinski definition) is 3. The second-order valence-corrected chi connectivity index (χ2v) is 8.18. The summed E-state index contributed by atoms with van der Waals surface area (Å²) in [4.78, 5) is 12.0. The zero-order valence-corrected chi connectivity index (χ0v) is 13.7. The van der Waals surface area contributed by atoms with Gasteiger partial charge < -0.3 is 11.1 Å². The Labute approximate surface area is 122 Å². The molecule has 0 radical (unpaired) electrons. The number of hydrogen-bond donors (Lipinski definition) is 2. The van der Waals surface area contributed by atoms with Crippen LogP contribution in [0.2, 0.25) is 0 Å². The quantitative estimate of drug-likeness (QED) is 0.817. The molecule has 0 heterocycles. The summed E-state index contributed by atoms with van der Waals surface area (Å²) in [7, 11) is 0. The van der Waals surface area contributed by atoms with Crippen molar-refractivity contribution in [1.82, 2.24) is 5.32 Å². The minimum absolute atomic E-state index is 0.0145. The predicted octanol–water partition coefficient (Wildman–Crippen LogP) is 2.93. The molecule has 1 rings (SSSR count). The van der Waals surface area contributed by atoms with Crippen LogP contribution in [0.1, 0.15) is 59.3 Å². The highest BCUT2D eigenvalue weighted by Crippen LogP contribution is 2.37. The third-order valence-corrected chi connectivity index (χ3v) is 5.74. The molecule has 1 aliphatic rings. The Morgan fingerprint density at radius 3 is 2.37 bits per heavy atom. The molecule has 1 saturated carbocycles. The van der Waals surface area contributed by atoms with Crippen LogP contribution in [0.4, 0.5) is 0 Å². The second-order valence-electron chi connectivity index (χ2n) is 6.90. The fourth-order valence-electron chi connectivity index (χ4n) is 2.49. The van der Waals surface area contributed by atoms with Gasteiger partial charge in [0, 0.05) is 23.8 Å². The third kappa shape index (κ3) is 5.35. The fourth-order valence-corrected chi connectivity index (χ4v) is 3.40. The number of carbonyl (C=O) groups excluding carboxylic acids is 1. The lowest BCUT2D eigenvalue weighted by atomic mass is 9.85. The maximum Gasteiger partial charge on any atom is 0.221 e. The number of thioether (sulfide) groups is 1. The molecule has 0 aromatic heterocycles. The van der Waals surface area contributed by atoms with Crippen molar-refractivity contribution in [3.63, 3.8) is 0 Å². The van der Waals surface area contributed by atoms with Crippen molar-refractivity contribution in [2.75, 3.05) is 12.8 Å². The largest absolute Gasteiger partial charge is 0.355 e. The summed E-state index contributed by atoms with van der Waals surface area (Å²) in [5.74, 6) is 0.0985. The van der Waals surface area contributed by atoms with Crippen LogP contribution in [0.25, 0.3) is 0 Å². The summed E-state index contributed by atoms with van der Waals surface area (Å²) in [5.41, 5.74) is 6.05. The Morgan fingerprint density at radius 1 is 1.32 bits per heavy atom. The standard InChI is InChI=1S/C15H30N2OS/c1-14(2,3)12(16)10-13(18)17-11-15(19-4)8-6-5-7-9-15/h12H,5-11,16H2,1-4H3,(H,17,18). The first-order valence-electron chi connectivity index (χ1n) is 7.36. The van der Waals surface area contributed by atoms with Crippen LogP contribution in [0.5, 0.6) is 0 Å². The number of rotatable bonds is 5. The molecule has 0 aromatic carbocycles. The van der Waals surface area contributed by atoms with Crippen molar-refractivity contribution in [2.45, 2.75) is 70.1 Å².